The van der Waals surface area contributed by atoms with Crippen LogP contribution in [0.2, 0.25) is 0 Å². The van der Waals surface area contributed by atoms with Crippen molar-refractivity contribution in [2.45, 2.75) is 20.8 Å². The lowest BCUT2D eigenvalue weighted by molar-refractivity contribution is -0.133. The number of allylic oxidation sites excluding steroid dienone is 3. The van der Waals surface area contributed by atoms with E-state index in [-0.39, 0.29) is 5.92 Å². The van der Waals surface area contributed by atoms with E-state index in [9.17, 15) is 4.79 Å². The summed E-state index contributed by atoms with van der Waals surface area (Å²) in [5, 5.41) is 9.06. The maximum atomic E-state index is 11.0. The number of halogens is 1. The lowest BCUT2D eigenvalue weighted by Gasteiger charge is -2.05. The van der Waals surface area contributed by atoms with Gasteiger partial charge in [-0.1, -0.05) is 54.1 Å². The van der Waals surface area contributed by atoms with Crippen LogP contribution < -0.4 is 0 Å². The molecule has 96 valence electrons. The van der Waals surface area contributed by atoms with Crippen LogP contribution in [0.25, 0.3) is 5.57 Å². The predicted octanol–water partition coefficient (Wildman–Crippen LogP) is 4.52. The summed E-state index contributed by atoms with van der Waals surface area (Å²) in [6.45, 7) is 5.73. The summed E-state index contributed by atoms with van der Waals surface area (Å²) in [6.07, 6.45) is 3.54. The van der Waals surface area contributed by atoms with E-state index in [1.807, 2.05) is 51.1 Å². The van der Waals surface area contributed by atoms with Crippen LogP contribution in [-0.4, -0.2) is 11.1 Å². The SMILES string of the molecule is C/C(=C/C=C(\C(=O)O)C(C)C)c1ccc(Br)cc1. The second-order valence-electron chi connectivity index (χ2n) is 4.44. The molecule has 1 aromatic carbocycles. The van der Waals surface area contributed by atoms with Gasteiger partial charge >= 0.3 is 5.97 Å². The van der Waals surface area contributed by atoms with Crippen molar-refractivity contribution < 1.29 is 9.90 Å². The highest BCUT2D eigenvalue weighted by molar-refractivity contribution is 9.10. The van der Waals surface area contributed by atoms with E-state index in [1.165, 1.54) is 0 Å². The summed E-state index contributed by atoms with van der Waals surface area (Å²) >= 11 is 3.39. The van der Waals surface area contributed by atoms with Gasteiger partial charge in [-0.05, 0) is 36.1 Å². The average Bonchev–Trinajstić information content (AvgIpc) is 2.28. The van der Waals surface area contributed by atoms with Gasteiger partial charge in [-0.15, -0.1) is 0 Å². The number of benzene rings is 1. The molecule has 0 bridgehead atoms. The van der Waals surface area contributed by atoms with Crippen LogP contribution in [-0.2, 0) is 4.79 Å². The Kier molecular flexibility index (Phi) is 5.35. The summed E-state index contributed by atoms with van der Waals surface area (Å²) in [7, 11) is 0. The topological polar surface area (TPSA) is 37.3 Å². The average molecular weight is 309 g/mol. The molecule has 1 rings (SSSR count). The maximum absolute atomic E-state index is 11.0. The van der Waals surface area contributed by atoms with Gasteiger partial charge in [0.25, 0.3) is 0 Å². The highest BCUT2D eigenvalue weighted by Crippen LogP contribution is 2.18. The molecular weight excluding hydrogens is 292 g/mol. The van der Waals surface area contributed by atoms with Gasteiger partial charge in [-0.2, -0.15) is 0 Å². The van der Waals surface area contributed by atoms with Crippen molar-refractivity contribution in [3.05, 3.63) is 52.0 Å². The van der Waals surface area contributed by atoms with Gasteiger partial charge in [-0.3, -0.25) is 0 Å². The van der Waals surface area contributed by atoms with Crippen LogP contribution in [0, 0.1) is 5.92 Å². The quantitative estimate of drug-likeness (QED) is 0.656. The number of hydrogen-bond donors (Lipinski definition) is 1. The maximum Gasteiger partial charge on any atom is 0.331 e. The Morgan fingerprint density at radius 2 is 1.78 bits per heavy atom. The summed E-state index contributed by atoms with van der Waals surface area (Å²) in [4.78, 5) is 11.0. The van der Waals surface area contributed by atoms with Gasteiger partial charge in [0.15, 0.2) is 0 Å². The minimum Gasteiger partial charge on any atom is -0.478 e. The normalized spacial score (nSPS) is 12.9. The molecule has 0 aromatic heterocycles. The molecule has 0 atom stereocenters. The third-order valence-electron chi connectivity index (χ3n) is 2.68. The number of carboxylic acid groups (broad SMARTS) is 1. The Morgan fingerprint density at radius 1 is 1.22 bits per heavy atom. The molecule has 0 aliphatic heterocycles. The Labute approximate surface area is 116 Å². The van der Waals surface area contributed by atoms with E-state index in [4.69, 9.17) is 5.11 Å². The molecule has 1 aromatic rings. The highest BCUT2D eigenvalue weighted by Gasteiger charge is 2.10. The van der Waals surface area contributed by atoms with Crippen LogP contribution in [0.5, 0.6) is 0 Å². The fourth-order valence-electron chi connectivity index (χ4n) is 1.53. The number of rotatable bonds is 4. The second kappa shape index (κ2) is 6.55. The van der Waals surface area contributed by atoms with Gasteiger partial charge in [0.2, 0.25) is 0 Å². The third kappa shape index (κ3) is 4.15. The standard InChI is InChI=1S/C15H17BrO2/c1-10(2)14(15(17)18)9-4-11(3)12-5-7-13(16)8-6-12/h4-10H,1-3H3,(H,17,18)/b11-4-,14-9-. The lowest BCUT2D eigenvalue weighted by atomic mass is 10.0. The van der Waals surface area contributed by atoms with Gasteiger partial charge < -0.3 is 5.11 Å². The van der Waals surface area contributed by atoms with Crippen molar-refractivity contribution in [2.75, 3.05) is 0 Å². The van der Waals surface area contributed by atoms with Crippen molar-refractivity contribution in [1.82, 2.24) is 0 Å². The van der Waals surface area contributed by atoms with Crippen LogP contribution in [0.15, 0.2) is 46.5 Å². The van der Waals surface area contributed by atoms with Crippen molar-refractivity contribution >= 4 is 27.5 Å². The second-order valence-corrected chi connectivity index (χ2v) is 5.35. The molecule has 1 N–H and O–H groups in total. The minimum absolute atomic E-state index is 0.0106. The van der Waals surface area contributed by atoms with Crippen LogP contribution in [0.4, 0.5) is 0 Å². The van der Waals surface area contributed by atoms with E-state index >= 15 is 0 Å². The first-order valence-corrected chi connectivity index (χ1v) is 6.59. The van der Waals surface area contributed by atoms with E-state index in [1.54, 1.807) is 6.08 Å². The molecular formula is C15H17BrO2. The van der Waals surface area contributed by atoms with Crippen LogP contribution in [0.1, 0.15) is 26.3 Å². The molecule has 0 amide bonds. The minimum atomic E-state index is -0.857. The summed E-state index contributed by atoms with van der Waals surface area (Å²) in [6, 6.07) is 7.94. The molecule has 0 heterocycles. The Morgan fingerprint density at radius 3 is 2.22 bits per heavy atom. The largest absolute Gasteiger partial charge is 0.478 e. The molecule has 3 heteroatoms. The first-order chi connectivity index (χ1) is 8.41. The van der Waals surface area contributed by atoms with Crippen molar-refractivity contribution in [2.24, 2.45) is 5.92 Å². The molecule has 2 nitrogen and oxygen atoms in total. The van der Waals surface area contributed by atoms with Crippen molar-refractivity contribution in [3.63, 3.8) is 0 Å². The van der Waals surface area contributed by atoms with Crippen molar-refractivity contribution in [1.29, 1.82) is 0 Å². The Bertz CT molecular complexity index is 482. The number of carboxylic acids is 1. The van der Waals surface area contributed by atoms with E-state index in [0.717, 1.165) is 15.6 Å². The van der Waals surface area contributed by atoms with E-state index < -0.39 is 5.97 Å². The Balaban J connectivity index is 2.99. The molecule has 0 fully saturated rings. The Hall–Kier alpha value is -1.35. The number of carbonyl (C=O) groups is 1. The molecule has 0 saturated carbocycles. The fourth-order valence-corrected chi connectivity index (χ4v) is 1.80. The van der Waals surface area contributed by atoms with Crippen LogP contribution in [0.3, 0.4) is 0 Å². The monoisotopic (exact) mass is 308 g/mol. The molecule has 0 radical (unpaired) electrons. The number of hydrogen-bond acceptors (Lipinski definition) is 1. The molecule has 0 unspecified atom stereocenters. The van der Waals surface area contributed by atoms with E-state index in [0.29, 0.717) is 5.57 Å². The summed E-state index contributed by atoms with van der Waals surface area (Å²) in [5.41, 5.74) is 2.55. The van der Waals surface area contributed by atoms with Gasteiger partial charge in [0.1, 0.15) is 0 Å². The van der Waals surface area contributed by atoms with Gasteiger partial charge in [0, 0.05) is 10.0 Å². The first-order valence-electron chi connectivity index (χ1n) is 5.79. The van der Waals surface area contributed by atoms with Gasteiger partial charge in [-0.25, -0.2) is 4.79 Å². The smallest absolute Gasteiger partial charge is 0.331 e. The molecule has 0 aliphatic carbocycles. The predicted molar refractivity (Wildman–Crippen MR) is 78.3 cm³/mol. The molecule has 18 heavy (non-hydrogen) atoms. The molecule has 0 aliphatic rings. The van der Waals surface area contributed by atoms with Crippen molar-refractivity contribution in [3.8, 4) is 0 Å². The zero-order valence-electron chi connectivity index (χ0n) is 10.8. The lowest BCUT2D eigenvalue weighted by Crippen LogP contribution is -2.06. The zero-order valence-corrected chi connectivity index (χ0v) is 12.4. The molecule has 0 spiro atoms. The summed E-state index contributed by atoms with van der Waals surface area (Å²) < 4.78 is 1.03. The van der Waals surface area contributed by atoms with Crippen LogP contribution >= 0.6 is 15.9 Å². The zero-order chi connectivity index (χ0) is 13.7. The first kappa shape index (κ1) is 14.7. The summed E-state index contributed by atoms with van der Waals surface area (Å²) in [5.74, 6) is -0.846. The van der Waals surface area contributed by atoms with E-state index in [2.05, 4.69) is 15.9 Å². The fraction of sp³-hybridized carbons (Fsp3) is 0.267. The third-order valence-corrected chi connectivity index (χ3v) is 3.21. The number of aliphatic carboxylic acids is 1. The van der Waals surface area contributed by atoms with Gasteiger partial charge in [0.05, 0.1) is 0 Å². The molecule has 0 saturated heterocycles. The highest BCUT2D eigenvalue weighted by atomic mass is 79.9.